The number of anilines is 2. The van der Waals surface area contributed by atoms with Crippen LogP contribution >= 0.6 is 0 Å². The maximum atomic E-state index is 12.4. The summed E-state index contributed by atoms with van der Waals surface area (Å²) in [5.41, 5.74) is 1.24. The number of likely N-dealkylation sites (tertiary alicyclic amines) is 1. The molecule has 1 fully saturated rings. The number of nitrogens with one attached hydrogen (secondary N) is 2. The van der Waals surface area contributed by atoms with E-state index in [1.54, 1.807) is 0 Å². The molecule has 8 nitrogen and oxygen atoms in total. The lowest BCUT2D eigenvalue weighted by Gasteiger charge is -2.15. The third-order valence-electron chi connectivity index (χ3n) is 4.30. The summed E-state index contributed by atoms with van der Waals surface area (Å²) in [5.74, 6) is -0.136. The SMILES string of the molecule is COC(=O)[C@@H]1C[C@H](NC(=O)c2cnc(Nc3ccccc3)nc2)CN1C. The second kappa shape index (κ2) is 7.92. The Hall–Kier alpha value is -3.00. The second-order valence-electron chi connectivity index (χ2n) is 6.17. The molecule has 0 radical (unpaired) electrons. The van der Waals surface area contributed by atoms with Crippen molar-refractivity contribution in [2.24, 2.45) is 0 Å². The number of aromatic nitrogens is 2. The van der Waals surface area contributed by atoms with Gasteiger partial charge in [-0.05, 0) is 25.6 Å². The molecule has 136 valence electrons. The number of carbonyl (C=O) groups is 2. The van der Waals surface area contributed by atoms with Crippen LogP contribution in [-0.2, 0) is 9.53 Å². The molecule has 2 aromatic rings. The van der Waals surface area contributed by atoms with Crippen LogP contribution in [0, 0.1) is 0 Å². The van der Waals surface area contributed by atoms with Crippen molar-refractivity contribution in [3.05, 3.63) is 48.3 Å². The van der Waals surface area contributed by atoms with E-state index in [0.717, 1.165) is 5.69 Å². The fourth-order valence-corrected chi connectivity index (χ4v) is 2.94. The molecule has 1 aliphatic rings. The van der Waals surface area contributed by atoms with Gasteiger partial charge in [0.2, 0.25) is 5.95 Å². The van der Waals surface area contributed by atoms with E-state index in [9.17, 15) is 9.59 Å². The summed E-state index contributed by atoms with van der Waals surface area (Å²) in [4.78, 5) is 34.3. The number of nitrogens with zero attached hydrogens (tertiary/aromatic N) is 3. The minimum atomic E-state index is -0.334. The van der Waals surface area contributed by atoms with Gasteiger partial charge in [0.05, 0.1) is 12.7 Å². The number of carbonyl (C=O) groups excluding carboxylic acids is 2. The predicted octanol–water partition coefficient (Wildman–Crippen LogP) is 1.20. The molecule has 2 atom stereocenters. The summed E-state index contributed by atoms with van der Waals surface area (Å²) in [6.45, 7) is 0.583. The summed E-state index contributed by atoms with van der Waals surface area (Å²) in [6, 6.07) is 9.08. The van der Waals surface area contributed by atoms with Gasteiger partial charge in [0.15, 0.2) is 0 Å². The van der Waals surface area contributed by atoms with Gasteiger partial charge < -0.3 is 15.4 Å². The second-order valence-corrected chi connectivity index (χ2v) is 6.17. The number of esters is 1. The van der Waals surface area contributed by atoms with Crippen LogP contribution < -0.4 is 10.6 Å². The van der Waals surface area contributed by atoms with E-state index in [-0.39, 0.29) is 24.0 Å². The Balaban J connectivity index is 1.58. The van der Waals surface area contributed by atoms with Gasteiger partial charge in [-0.2, -0.15) is 0 Å². The summed E-state index contributed by atoms with van der Waals surface area (Å²) >= 11 is 0. The van der Waals surface area contributed by atoms with Crippen LogP contribution in [0.15, 0.2) is 42.7 Å². The number of benzene rings is 1. The third-order valence-corrected chi connectivity index (χ3v) is 4.30. The molecule has 1 aromatic heterocycles. The molecule has 1 aromatic carbocycles. The molecule has 0 aliphatic carbocycles. The van der Waals surface area contributed by atoms with Gasteiger partial charge >= 0.3 is 5.97 Å². The molecule has 8 heteroatoms. The Labute approximate surface area is 151 Å². The van der Waals surface area contributed by atoms with E-state index in [1.165, 1.54) is 19.5 Å². The summed E-state index contributed by atoms with van der Waals surface area (Å²) in [7, 11) is 3.20. The number of likely N-dealkylation sites (N-methyl/N-ethyl adjacent to an activating group) is 1. The monoisotopic (exact) mass is 355 g/mol. The normalized spacial score (nSPS) is 19.8. The van der Waals surface area contributed by atoms with Crippen molar-refractivity contribution in [1.82, 2.24) is 20.2 Å². The molecule has 0 unspecified atom stereocenters. The van der Waals surface area contributed by atoms with E-state index in [0.29, 0.717) is 24.5 Å². The van der Waals surface area contributed by atoms with Gasteiger partial charge in [-0.3, -0.25) is 14.5 Å². The van der Waals surface area contributed by atoms with E-state index < -0.39 is 0 Å². The van der Waals surface area contributed by atoms with Crippen molar-refractivity contribution in [3.8, 4) is 0 Å². The molecular weight excluding hydrogens is 334 g/mol. The van der Waals surface area contributed by atoms with E-state index in [4.69, 9.17) is 4.74 Å². The standard InChI is InChI=1S/C18H21N5O3/c1-23-11-14(8-15(23)17(25)26-2)21-16(24)12-9-19-18(20-10-12)22-13-6-4-3-5-7-13/h3-7,9-10,14-15H,8,11H2,1-2H3,(H,21,24)(H,19,20,22)/t14-,15-/m0/s1. The predicted molar refractivity (Wildman–Crippen MR) is 96.1 cm³/mol. The molecule has 2 N–H and O–H groups in total. The van der Waals surface area contributed by atoms with Crippen molar-refractivity contribution in [3.63, 3.8) is 0 Å². The van der Waals surface area contributed by atoms with Crippen LogP contribution in [-0.4, -0.2) is 59.5 Å². The zero-order valence-electron chi connectivity index (χ0n) is 14.7. The lowest BCUT2D eigenvalue weighted by molar-refractivity contribution is -0.145. The fourth-order valence-electron chi connectivity index (χ4n) is 2.94. The van der Waals surface area contributed by atoms with E-state index in [1.807, 2.05) is 42.3 Å². The molecule has 1 saturated heterocycles. The molecule has 1 aliphatic heterocycles. The van der Waals surface area contributed by atoms with Crippen LogP contribution in [0.5, 0.6) is 0 Å². The van der Waals surface area contributed by atoms with Crippen molar-refractivity contribution < 1.29 is 14.3 Å². The molecule has 0 saturated carbocycles. The highest BCUT2D eigenvalue weighted by Crippen LogP contribution is 2.17. The van der Waals surface area contributed by atoms with Gasteiger partial charge in [0, 0.05) is 30.7 Å². The maximum Gasteiger partial charge on any atom is 0.323 e. The lowest BCUT2D eigenvalue weighted by atomic mass is 10.1. The minimum absolute atomic E-state index is 0.126. The van der Waals surface area contributed by atoms with Gasteiger partial charge in [-0.25, -0.2) is 9.97 Å². The highest BCUT2D eigenvalue weighted by molar-refractivity contribution is 5.94. The number of ether oxygens (including phenoxy) is 1. The molecule has 26 heavy (non-hydrogen) atoms. The first-order chi connectivity index (χ1) is 12.6. The van der Waals surface area contributed by atoms with Crippen LogP contribution in [0.3, 0.4) is 0 Å². The highest BCUT2D eigenvalue weighted by atomic mass is 16.5. The highest BCUT2D eigenvalue weighted by Gasteiger charge is 2.35. The Kier molecular flexibility index (Phi) is 5.43. The number of hydrogen-bond acceptors (Lipinski definition) is 7. The smallest absolute Gasteiger partial charge is 0.323 e. The van der Waals surface area contributed by atoms with Crippen LogP contribution in [0.2, 0.25) is 0 Å². The quantitative estimate of drug-likeness (QED) is 0.778. The van der Waals surface area contributed by atoms with Crippen molar-refractivity contribution in [2.45, 2.75) is 18.5 Å². The number of rotatable bonds is 5. The van der Waals surface area contributed by atoms with E-state index in [2.05, 4.69) is 20.6 Å². The number of amides is 1. The van der Waals surface area contributed by atoms with Crippen molar-refractivity contribution in [1.29, 1.82) is 0 Å². The first-order valence-corrected chi connectivity index (χ1v) is 8.30. The largest absolute Gasteiger partial charge is 0.468 e. The lowest BCUT2D eigenvalue weighted by Crippen LogP contribution is -2.36. The Morgan fingerprint density at radius 3 is 2.54 bits per heavy atom. The number of para-hydroxylation sites is 1. The van der Waals surface area contributed by atoms with Gasteiger partial charge in [-0.15, -0.1) is 0 Å². The first-order valence-electron chi connectivity index (χ1n) is 8.30. The molecular formula is C18H21N5O3. The van der Waals surface area contributed by atoms with Crippen LogP contribution in [0.4, 0.5) is 11.6 Å². The molecule has 0 bridgehead atoms. The van der Waals surface area contributed by atoms with Crippen LogP contribution in [0.1, 0.15) is 16.8 Å². The van der Waals surface area contributed by atoms with Gasteiger partial charge in [-0.1, -0.05) is 18.2 Å². The number of methoxy groups -OCH3 is 1. The minimum Gasteiger partial charge on any atom is -0.468 e. The summed E-state index contributed by atoms with van der Waals surface area (Å²) < 4.78 is 4.78. The molecule has 3 rings (SSSR count). The van der Waals surface area contributed by atoms with Gasteiger partial charge in [0.1, 0.15) is 6.04 Å². The number of hydrogen-bond donors (Lipinski definition) is 2. The van der Waals surface area contributed by atoms with Crippen molar-refractivity contribution in [2.75, 3.05) is 26.0 Å². The average molecular weight is 355 g/mol. The Morgan fingerprint density at radius 1 is 1.19 bits per heavy atom. The van der Waals surface area contributed by atoms with E-state index >= 15 is 0 Å². The summed E-state index contributed by atoms with van der Waals surface area (Å²) in [5, 5.41) is 5.98. The topological polar surface area (TPSA) is 96.4 Å². The average Bonchev–Trinajstić information content (AvgIpc) is 3.02. The fraction of sp³-hybridized carbons (Fsp3) is 0.333. The summed E-state index contributed by atoms with van der Waals surface area (Å²) in [6.07, 6.45) is 3.47. The first kappa shape index (κ1) is 17.8. The molecule has 1 amide bonds. The molecule has 0 spiro atoms. The molecule has 2 heterocycles. The third kappa shape index (κ3) is 4.15. The Morgan fingerprint density at radius 2 is 1.88 bits per heavy atom. The van der Waals surface area contributed by atoms with Crippen LogP contribution in [0.25, 0.3) is 0 Å². The maximum absolute atomic E-state index is 12.4. The zero-order valence-corrected chi connectivity index (χ0v) is 14.7. The van der Waals surface area contributed by atoms with Crippen molar-refractivity contribution >= 4 is 23.5 Å². The zero-order chi connectivity index (χ0) is 18.5. The Bertz CT molecular complexity index is 766. The van der Waals surface area contributed by atoms with Gasteiger partial charge in [0.25, 0.3) is 5.91 Å².